The van der Waals surface area contributed by atoms with Gasteiger partial charge in [0.1, 0.15) is 0 Å². The largest absolute Gasteiger partial charge is 0.481 e. The molecular weight excluding hydrogens is 251 g/mol. The summed E-state index contributed by atoms with van der Waals surface area (Å²) in [5.41, 5.74) is 0.0127. The van der Waals surface area contributed by atoms with Gasteiger partial charge in [-0.05, 0) is 18.9 Å². The summed E-state index contributed by atoms with van der Waals surface area (Å²) in [6.45, 7) is 0. The summed E-state index contributed by atoms with van der Waals surface area (Å²) in [6, 6.07) is 1.33. The number of aromatic nitrogens is 1. The number of nitrogens with one attached hydrogen (secondary N) is 1. The first-order valence-electron chi connectivity index (χ1n) is 5.87. The van der Waals surface area contributed by atoms with E-state index in [1.807, 2.05) is 0 Å². The van der Waals surface area contributed by atoms with Crippen molar-refractivity contribution in [3.05, 3.63) is 36.4 Å². The zero-order chi connectivity index (χ0) is 13.8. The molecule has 1 aromatic rings. The fraction of sp³-hybridized carbons (Fsp3) is 0.308. The molecule has 100 valence electrons. The number of nitrogens with zero attached hydrogens (tertiary/aromatic N) is 1. The van der Waals surface area contributed by atoms with Crippen molar-refractivity contribution in [2.24, 2.45) is 11.8 Å². The Morgan fingerprint density at radius 1 is 1.32 bits per heavy atom. The van der Waals surface area contributed by atoms with E-state index in [-0.39, 0.29) is 5.69 Å². The second-order valence-electron chi connectivity index (χ2n) is 4.34. The maximum Gasteiger partial charge on any atom is 0.307 e. The van der Waals surface area contributed by atoms with Crippen molar-refractivity contribution in [2.45, 2.75) is 12.8 Å². The highest BCUT2D eigenvalue weighted by atomic mass is 19.1. The zero-order valence-corrected chi connectivity index (χ0v) is 10.0. The van der Waals surface area contributed by atoms with Gasteiger partial charge in [-0.1, -0.05) is 12.2 Å². The van der Waals surface area contributed by atoms with E-state index >= 15 is 0 Å². The number of halogens is 1. The maximum atomic E-state index is 13.4. The third-order valence-corrected chi connectivity index (χ3v) is 3.12. The number of aliphatic carboxylic acids is 1. The van der Waals surface area contributed by atoms with Crippen LogP contribution in [0.1, 0.15) is 12.8 Å². The highest BCUT2D eigenvalue weighted by molar-refractivity contribution is 5.95. The van der Waals surface area contributed by atoms with Gasteiger partial charge in [0.15, 0.2) is 5.82 Å². The molecule has 5 nitrogen and oxygen atoms in total. The molecule has 0 bridgehead atoms. The number of pyridine rings is 1. The SMILES string of the molecule is O=C(O)C1CC=CCC1C(=O)Nc1ccncc1F. The molecule has 19 heavy (non-hydrogen) atoms. The Labute approximate surface area is 109 Å². The first-order chi connectivity index (χ1) is 9.09. The highest BCUT2D eigenvalue weighted by Crippen LogP contribution is 2.27. The number of allylic oxidation sites excluding steroid dienone is 2. The van der Waals surface area contributed by atoms with Crippen LogP contribution in [0.4, 0.5) is 10.1 Å². The molecule has 1 heterocycles. The summed E-state index contributed by atoms with van der Waals surface area (Å²) in [4.78, 5) is 26.7. The van der Waals surface area contributed by atoms with E-state index in [0.717, 1.165) is 6.20 Å². The Hall–Kier alpha value is -2.24. The van der Waals surface area contributed by atoms with Gasteiger partial charge in [-0.15, -0.1) is 0 Å². The van der Waals surface area contributed by atoms with Crippen molar-refractivity contribution in [2.75, 3.05) is 5.32 Å². The summed E-state index contributed by atoms with van der Waals surface area (Å²) in [7, 11) is 0. The molecule has 2 atom stereocenters. The number of carboxylic acid groups (broad SMARTS) is 1. The minimum atomic E-state index is -1.01. The molecule has 2 rings (SSSR count). The number of rotatable bonds is 3. The molecule has 0 aliphatic heterocycles. The van der Waals surface area contributed by atoms with Crippen LogP contribution in [0.25, 0.3) is 0 Å². The van der Waals surface area contributed by atoms with Crippen LogP contribution in [0.15, 0.2) is 30.6 Å². The molecule has 0 saturated carbocycles. The standard InChI is InChI=1S/C13H13FN2O3/c14-10-7-15-6-5-11(10)16-12(17)8-3-1-2-4-9(8)13(18)19/h1-2,5-9H,3-4H2,(H,18,19)(H,15,16,17). The quantitative estimate of drug-likeness (QED) is 0.816. The van der Waals surface area contributed by atoms with Gasteiger partial charge >= 0.3 is 5.97 Å². The normalized spacial score (nSPS) is 21.9. The van der Waals surface area contributed by atoms with E-state index in [4.69, 9.17) is 5.11 Å². The minimum Gasteiger partial charge on any atom is -0.481 e. The van der Waals surface area contributed by atoms with E-state index in [2.05, 4.69) is 10.3 Å². The number of amides is 1. The molecule has 1 aliphatic carbocycles. The summed E-state index contributed by atoms with van der Waals surface area (Å²) in [5, 5.41) is 11.5. The van der Waals surface area contributed by atoms with Gasteiger partial charge in [0.05, 0.1) is 23.7 Å². The maximum absolute atomic E-state index is 13.4. The van der Waals surface area contributed by atoms with Gasteiger partial charge < -0.3 is 10.4 Å². The van der Waals surface area contributed by atoms with E-state index < -0.39 is 29.5 Å². The Morgan fingerprint density at radius 2 is 2.00 bits per heavy atom. The molecule has 6 heteroatoms. The molecule has 2 unspecified atom stereocenters. The van der Waals surface area contributed by atoms with Crippen LogP contribution in [0.5, 0.6) is 0 Å². The van der Waals surface area contributed by atoms with Gasteiger partial charge in [-0.25, -0.2) is 4.39 Å². The van der Waals surface area contributed by atoms with Gasteiger partial charge in [0, 0.05) is 6.20 Å². The fourth-order valence-electron chi connectivity index (χ4n) is 2.08. The van der Waals surface area contributed by atoms with Crippen molar-refractivity contribution >= 4 is 17.6 Å². The molecule has 0 saturated heterocycles. The van der Waals surface area contributed by atoms with Crippen LogP contribution in [0.3, 0.4) is 0 Å². The second kappa shape index (κ2) is 5.60. The van der Waals surface area contributed by atoms with Crippen LogP contribution in [0, 0.1) is 17.7 Å². The van der Waals surface area contributed by atoms with Crippen molar-refractivity contribution in [1.29, 1.82) is 0 Å². The molecule has 0 fully saturated rings. The highest BCUT2D eigenvalue weighted by Gasteiger charge is 2.34. The number of hydrogen-bond donors (Lipinski definition) is 2. The molecule has 0 aromatic carbocycles. The summed E-state index contributed by atoms with van der Waals surface area (Å²) in [6.07, 6.45) is 6.52. The first kappa shape index (κ1) is 13.2. The molecule has 0 spiro atoms. The van der Waals surface area contributed by atoms with Crippen LogP contribution in [-0.2, 0) is 9.59 Å². The predicted molar refractivity (Wildman–Crippen MR) is 65.8 cm³/mol. The van der Waals surface area contributed by atoms with E-state index in [0.29, 0.717) is 12.8 Å². The van der Waals surface area contributed by atoms with Crippen molar-refractivity contribution in [1.82, 2.24) is 4.98 Å². The third kappa shape index (κ3) is 2.96. The van der Waals surface area contributed by atoms with E-state index in [1.54, 1.807) is 12.2 Å². The Balaban J connectivity index is 2.13. The molecular formula is C13H13FN2O3. The third-order valence-electron chi connectivity index (χ3n) is 3.12. The lowest BCUT2D eigenvalue weighted by Gasteiger charge is -2.24. The van der Waals surface area contributed by atoms with Crippen LogP contribution >= 0.6 is 0 Å². The zero-order valence-electron chi connectivity index (χ0n) is 10.0. The second-order valence-corrected chi connectivity index (χ2v) is 4.34. The molecule has 0 radical (unpaired) electrons. The van der Waals surface area contributed by atoms with E-state index in [9.17, 15) is 14.0 Å². The van der Waals surface area contributed by atoms with E-state index in [1.165, 1.54) is 12.3 Å². The Morgan fingerprint density at radius 3 is 2.63 bits per heavy atom. The van der Waals surface area contributed by atoms with Crippen LogP contribution in [-0.4, -0.2) is 22.0 Å². The minimum absolute atomic E-state index is 0.0127. The summed E-state index contributed by atoms with van der Waals surface area (Å²) < 4.78 is 13.4. The number of carbonyl (C=O) groups is 2. The Bertz CT molecular complexity index is 530. The topological polar surface area (TPSA) is 79.3 Å². The van der Waals surface area contributed by atoms with Crippen LogP contribution in [0.2, 0.25) is 0 Å². The number of carbonyl (C=O) groups excluding carboxylic acids is 1. The van der Waals surface area contributed by atoms with Gasteiger partial charge in [-0.3, -0.25) is 14.6 Å². The molecule has 2 N–H and O–H groups in total. The lowest BCUT2D eigenvalue weighted by Crippen LogP contribution is -2.34. The summed E-state index contributed by atoms with van der Waals surface area (Å²) >= 11 is 0. The average molecular weight is 264 g/mol. The molecule has 1 aliphatic rings. The van der Waals surface area contributed by atoms with Gasteiger partial charge in [0.2, 0.25) is 5.91 Å². The Kier molecular flexibility index (Phi) is 3.89. The predicted octanol–water partition coefficient (Wildman–Crippen LogP) is 1.83. The molecule has 1 aromatic heterocycles. The number of hydrogen-bond acceptors (Lipinski definition) is 3. The average Bonchev–Trinajstić information content (AvgIpc) is 2.41. The van der Waals surface area contributed by atoms with Crippen molar-refractivity contribution < 1.29 is 19.1 Å². The smallest absolute Gasteiger partial charge is 0.307 e. The van der Waals surface area contributed by atoms with Gasteiger partial charge in [-0.2, -0.15) is 0 Å². The number of anilines is 1. The van der Waals surface area contributed by atoms with Gasteiger partial charge in [0.25, 0.3) is 0 Å². The summed E-state index contributed by atoms with van der Waals surface area (Å²) in [5.74, 6) is -3.60. The lowest BCUT2D eigenvalue weighted by atomic mass is 9.82. The fourth-order valence-corrected chi connectivity index (χ4v) is 2.08. The molecule has 1 amide bonds. The number of carboxylic acids is 1. The van der Waals surface area contributed by atoms with Crippen molar-refractivity contribution in [3.63, 3.8) is 0 Å². The van der Waals surface area contributed by atoms with Crippen LogP contribution < -0.4 is 5.32 Å². The monoisotopic (exact) mass is 264 g/mol. The lowest BCUT2D eigenvalue weighted by molar-refractivity contribution is -0.146. The first-order valence-corrected chi connectivity index (χ1v) is 5.87. The van der Waals surface area contributed by atoms with Crippen molar-refractivity contribution in [3.8, 4) is 0 Å².